The lowest BCUT2D eigenvalue weighted by Gasteiger charge is -2.36. The number of rotatable bonds is 9. The zero-order valence-corrected chi connectivity index (χ0v) is 21.1. The topological polar surface area (TPSA) is 76.5 Å². The molecule has 6 rings (SSSR count). The Morgan fingerprint density at radius 2 is 1.83 bits per heavy atom. The van der Waals surface area contributed by atoms with E-state index in [1.807, 2.05) is 18.2 Å². The van der Waals surface area contributed by atoms with Gasteiger partial charge in [-0.25, -0.2) is 4.99 Å². The van der Waals surface area contributed by atoms with Crippen LogP contribution in [0.2, 0.25) is 0 Å². The first-order valence-electron chi connectivity index (χ1n) is 13.1. The van der Waals surface area contributed by atoms with Crippen LogP contribution in [0.5, 0.6) is 0 Å². The number of nitrogens with one attached hydrogen (secondary N) is 1. The standard InChI is InChI=1S/C28H34N8/c1-3-4-9-26-29-28-25(18-35(19-34(28)2)16-20-10-11-20)36(26)17-21-12-14-22(15-13-21)23-7-5-6-8-24(23)27-30-32-33-31-27/h5-8,12-15,18,20,26H,3-4,9-11,16-17,19H2,1-2H3,(H,30,31,32,33). The average molecular weight is 483 g/mol. The quantitative estimate of drug-likeness (QED) is 0.476. The predicted octanol–water partition coefficient (Wildman–Crippen LogP) is 4.72. The van der Waals surface area contributed by atoms with Gasteiger partial charge in [0.15, 0.2) is 5.84 Å². The number of aromatic nitrogens is 4. The highest BCUT2D eigenvalue weighted by Crippen LogP contribution is 2.35. The molecule has 2 aromatic carbocycles. The van der Waals surface area contributed by atoms with Gasteiger partial charge >= 0.3 is 0 Å². The van der Waals surface area contributed by atoms with E-state index in [-0.39, 0.29) is 6.17 Å². The third-order valence-corrected chi connectivity index (χ3v) is 7.37. The number of hydrogen-bond donors (Lipinski definition) is 1. The summed E-state index contributed by atoms with van der Waals surface area (Å²) < 4.78 is 0. The normalized spacial score (nSPS) is 19.4. The molecule has 1 unspecified atom stereocenters. The van der Waals surface area contributed by atoms with E-state index in [1.54, 1.807) is 0 Å². The van der Waals surface area contributed by atoms with E-state index in [0.717, 1.165) is 54.6 Å². The van der Waals surface area contributed by atoms with Crippen molar-refractivity contribution in [3.05, 3.63) is 66.0 Å². The SMILES string of the molecule is CCCCC1N=C2C(=CN(CC3CC3)CN2C)N1Cc1ccc(-c2ccccc2-c2nn[nH]n2)cc1. The summed E-state index contributed by atoms with van der Waals surface area (Å²) in [5, 5.41) is 14.7. The lowest BCUT2D eigenvalue weighted by Crippen LogP contribution is -2.44. The van der Waals surface area contributed by atoms with Crippen molar-refractivity contribution in [2.24, 2.45) is 10.9 Å². The minimum atomic E-state index is 0.202. The Hall–Kier alpha value is -3.68. The van der Waals surface area contributed by atoms with Crippen LogP contribution in [0.15, 0.2) is 65.4 Å². The van der Waals surface area contributed by atoms with Crippen molar-refractivity contribution in [1.82, 2.24) is 35.3 Å². The van der Waals surface area contributed by atoms with E-state index in [4.69, 9.17) is 4.99 Å². The minimum absolute atomic E-state index is 0.202. The van der Waals surface area contributed by atoms with Crippen LogP contribution in [-0.4, -0.2) is 67.6 Å². The first-order chi connectivity index (χ1) is 17.7. The first kappa shape index (κ1) is 22.8. The van der Waals surface area contributed by atoms with Crippen molar-refractivity contribution >= 4 is 5.84 Å². The molecule has 0 spiro atoms. The Morgan fingerprint density at radius 3 is 2.56 bits per heavy atom. The maximum Gasteiger partial charge on any atom is 0.205 e. The number of nitrogens with zero attached hydrogens (tertiary/aromatic N) is 7. The molecule has 8 nitrogen and oxygen atoms in total. The van der Waals surface area contributed by atoms with Crippen molar-refractivity contribution in [2.45, 2.75) is 51.7 Å². The third kappa shape index (κ3) is 4.59. The molecular formula is C28H34N8. The van der Waals surface area contributed by atoms with Gasteiger partial charge in [0.1, 0.15) is 6.17 Å². The fourth-order valence-electron chi connectivity index (χ4n) is 5.28. The van der Waals surface area contributed by atoms with Crippen LogP contribution < -0.4 is 0 Å². The Labute approximate surface area is 212 Å². The number of tetrazole rings is 1. The number of fused-ring (bicyclic) bond motifs is 1. The molecule has 3 heterocycles. The smallest absolute Gasteiger partial charge is 0.205 e. The summed E-state index contributed by atoms with van der Waals surface area (Å²) in [6, 6.07) is 17.1. The molecule has 1 N–H and O–H groups in total. The van der Waals surface area contributed by atoms with Gasteiger partial charge in [-0.05, 0) is 53.5 Å². The molecule has 1 aromatic heterocycles. The number of aromatic amines is 1. The zero-order valence-electron chi connectivity index (χ0n) is 21.1. The Morgan fingerprint density at radius 1 is 1.03 bits per heavy atom. The molecule has 0 saturated heterocycles. The molecule has 1 saturated carbocycles. The second kappa shape index (κ2) is 9.76. The number of hydrogen-bond acceptors (Lipinski definition) is 7. The van der Waals surface area contributed by atoms with Crippen molar-refractivity contribution in [2.75, 3.05) is 20.3 Å². The summed E-state index contributed by atoms with van der Waals surface area (Å²) in [5.74, 6) is 2.62. The molecule has 1 fully saturated rings. The molecule has 8 heteroatoms. The highest BCUT2D eigenvalue weighted by Gasteiger charge is 2.36. The van der Waals surface area contributed by atoms with Crippen LogP contribution in [0.4, 0.5) is 0 Å². The van der Waals surface area contributed by atoms with Crippen LogP contribution in [0.3, 0.4) is 0 Å². The highest BCUT2D eigenvalue weighted by atomic mass is 15.5. The maximum atomic E-state index is 5.19. The van der Waals surface area contributed by atoms with Gasteiger partial charge in [0.05, 0.1) is 12.4 Å². The van der Waals surface area contributed by atoms with Crippen LogP contribution in [0.1, 0.15) is 44.6 Å². The lowest BCUT2D eigenvalue weighted by atomic mass is 9.98. The molecule has 0 amide bonds. The first-order valence-corrected chi connectivity index (χ1v) is 13.1. The number of unbranched alkanes of at least 4 members (excludes halogenated alkanes) is 1. The number of likely N-dealkylation sites (N-methyl/N-ethyl adjacent to an activating group) is 1. The summed E-state index contributed by atoms with van der Waals surface area (Å²) >= 11 is 0. The number of benzene rings is 2. The summed E-state index contributed by atoms with van der Waals surface area (Å²) in [6.45, 7) is 5.20. The van der Waals surface area contributed by atoms with Gasteiger partial charge in [0.2, 0.25) is 5.82 Å². The number of amidine groups is 1. The van der Waals surface area contributed by atoms with E-state index in [0.29, 0.717) is 5.82 Å². The molecule has 3 aromatic rings. The fraction of sp³-hybridized carbons (Fsp3) is 0.429. The van der Waals surface area contributed by atoms with E-state index >= 15 is 0 Å². The molecule has 186 valence electrons. The van der Waals surface area contributed by atoms with Gasteiger partial charge in [-0.1, -0.05) is 61.9 Å². The second-order valence-electron chi connectivity index (χ2n) is 10.2. The number of H-pyrrole nitrogens is 1. The summed E-state index contributed by atoms with van der Waals surface area (Å²) in [5.41, 5.74) is 5.79. The Bertz CT molecular complexity index is 1240. The summed E-state index contributed by atoms with van der Waals surface area (Å²) in [6.07, 6.45) is 8.78. The molecule has 36 heavy (non-hydrogen) atoms. The third-order valence-electron chi connectivity index (χ3n) is 7.37. The monoisotopic (exact) mass is 482 g/mol. The average Bonchev–Trinajstić information content (AvgIpc) is 3.41. The molecular weight excluding hydrogens is 448 g/mol. The lowest BCUT2D eigenvalue weighted by molar-refractivity contribution is 0.224. The van der Waals surface area contributed by atoms with E-state index < -0.39 is 0 Å². The molecule has 1 aliphatic carbocycles. The van der Waals surface area contributed by atoms with Gasteiger partial charge in [-0.2, -0.15) is 5.21 Å². The van der Waals surface area contributed by atoms with E-state index in [1.165, 1.54) is 36.9 Å². The zero-order chi connectivity index (χ0) is 24.5. The fourth-order valence-corrected chi connectivity index (χ4v) is 5.28. The van der Waals surface area contributed by atoms with Gasteiger partial charge in [0, 0.05) is 31.9 Å². The molecule has 0 radical (unpaired) electrons. The predicted molar refractivity (Wildman–Crippen MR) is 141 cm³/mol. The molecule has 3 aliphatic rings. The van der Waals surface area contributed by atoms with Gasteiger partial charge < -0.3 is 14.7 Å². The van der Waals surface area contributed by atoms with Crippen LogP contribution in [-0.2, 0) is 6.54 Å². The largest absolute Gasteiger partial charge is 0.358 e. The molecule has 1 atom stereocenters. The van der Waals surface area contributed by atoms with Gasteiger partial charge in [-0.15, -0.1) is 10.2 Å². The molecule has 0 bridgehead atoms. The molecule has 2 aliphatic heterocycles. The van der Waals surface area contributed by atoms with Crippen LogP contribution in [0.25, 0.3) is 22.5 Å². The van der Waals surface area contributed by atoms with Gasteiger partial charge in [0.25, 0.3) is 0 Å². The second-order valence-corrected chi connectivity index (χ2v) is 10.2. The van der Waals surface area contributed by atoms with Crippen molar-refractivity contribution in [3.63, 3.8) is 0 Å². The maximum absolute atomic E-state index is 5.19. The van der Waals surface area contributed by atoms with E-state index in [2.05, 4.69) is 85.8 Å². The highest BCUT2D eigenvalue weighted by molar-refractivity contribution is 5.99. The minimum Gasteiger partial charge on any atom is -0.358 e. The Kier molecular flexibility index (Phi) is 6.17. The van der Waals surface area contributed by atoms with Crippen LogP contribution >= 0.6 is 0 Å². The van der Waals surface area contributed by atoms with Crippen LogP contribution in [0, 0.1) is 5.92 Å². The van der Waals surface area contributed by atoms with Crippen molar-refractivity contribution in [1.29, 1.82) is 0 Å². The van der Waals surface area contributed by atoms with E-state index in [9.17, 15) is 0 Å². The van der Waals surface area contributed by atoms with Gasteiger partial charge in [-0.3, -0.25) is 0 Å². The Balaban J connectivity index is 1.25. The number of aliphatic imine (C=N–C) groups is 1. The summed E-state index contributed by atoms with van der Waals surface area (Å²) in [4.78, 5) is 12.5. The van der Waals surface area contributed by atoms with Crippen molar-refractivity contribution in [3.8, 4) is 22.5 Å². The van der Waals surface area contributed by atoms with Crippen molar-refractivity contribution < 1.29 is 0 Å². The summed E-state index contributed by atoms with van der Waals surface area (Å²) in [7, 11) is 2.18.